The Morgan fingerprint density at radius 1 is 1.11 bits per heavy atom. The molecule has 0 amide bonds. The van der Waals surface area contributed by atoms with Crippen LogP contribution in [-0.4, -0.2) is 62.7 Å². The summed E-state index contributed by atoms with van der Waals surface area (Å²) in [5.41, 5.74) is 4.32. The van der Waals surface area contributed by atoms with Crippen molar-refractivity contribution in [2.75, 3.05) is 12.3 Å². The Bertz CT molecular complexity index is 1380. The zero-order chi connectivity index (χ0) is 31.6. The van der Waals surface area contributed by atoms with Crippen LogP contribution >= 0.6 is 0 Å². The summed E-state index contributed by atoms with van der Waals surface area (Å²) in [6, 6.07) is 5.04. The number of aromatic nitrogens is 3. The van der Waals surface area contributed by atoms with Gasteiger partial charge in [-0.25, -0.2) is 9.50 Å². The van der Waals surface area contributed by atoms with Crippen molar-refractivity contribution < 1.29 is 42.1 Å². The highest BCUT2D eigenvalue weighted by atomic mass is 19.4. The van der Waals surface area contributed by atoms with Crippen LogP contribution < -0.4 is 5.73 Å². The van der Waals surface area contributed by atoms with Crippen LogP contribution in [0.25, 0.3) is 5.52 Å². The van der Waals surface area contributed by atoms with E-state index in [0.29, 0.717) is 11.4 Å². The van der Waals surface area contributed by atoms with Crippen LogP contribution in [0.5, 0.6) is 0 Å². The molecule has 0 bridgehead atoms. The molecule has 0 radical (unpaired) electrons. The fraction of sp³-hybridized carbons (Fsp3) is 0.700. The number of carbonyl (C=O) groups is 2. The largest absolute Gasteiger partial charge is 0.463 e. The van der Waals surface area contributed by atoms with Gasteiger partial charge in [-0.1, -0.05) is 19.8 Å². The van der Waals surface area contributed by atoms with Crippen molar-refractivity contribution in [3.63, 3.8) is 0 Å². The third-order valence-corrected chi connectivity index (χ3v) is 9.49. The summed E-state index contributed by atoms with van der Waals surface area (Å²) in [5, 5.41) is 26.0. The highest BCUT2D eigenvalue weighted by Crippen LogP contribution is 2.43. The number of nitrogen functional groups attached to an aromatic ring is 1. The van der Waals surface area contributed by atoms with Crippen molar-refractivity contribution in [1.82, 2.24) is 14.6 Å². The fourth-order valence-corrected chi connectivity index (χ4v) is 6.81. The summed E-state index contributed by atoms with van der Waals surface area (Å²) in [7, 11) is 0. The number of alkyl halides is 3. The van der Waals surface area contributed by atoms with Crippen molar-refractivity contribution in [1.29, 1.82) is 5.26 Å². The van der Waals surface area contributed by atoms with Gasteiger partial charge >= 0.3 is 18.1 Å². The van der Waals surface area contributed by atoms with E-state index >= 15 is 0 Å². The Labute approximate surface area is 252 Å². The number of anilines is 1. The molecule has 1 aliphatic heterocycles. The van der Waals surface area contributed by atoms with Gasteiger partial charge in [0.25, 0.3) is 0 Å². The van der Waals surface area contributed by atoms with Crippen LogP contribution in [0.2, 0.25) is 0 Å². The van der Waals surface area contributed by atoms with E-state index < -0.39 is 54.6 Å². The number of carbonyl (C=O) groups excluding carboxylic acids is 2. The number of nitrogens with zero attached hydrogens (tertiary/aromatic N) is 4. The summed E-state index contributed by atoms with van der Waals surface area (Å²) in [4.78, 5) is 29.8. The number of hydrogen-bond acceptors (Lipinski definition) is 10. The Morgan fingerprint density at radius 2 is 1.75 bits per heavy atom. The zero-order valence-corrected chi connectivity index (χ0v) is 24.5. The summed E-state index contributed by atoms with van der Waals surface area (Å²) in [5.74, 6) is -1.97. The van der Waals surface area contributed by atoms with Crippen molar-refractivity contribution in [3.8, 4) is 6.07 Å². The van der Waals surface area contributed by atoms with Gasteiger partial charge in [0.05, 0.1) is 11.6 Å². The molecular formula is C30H38F3N5O6. The number of halogens is 3. The molecular weight excluding hydrogens is 583 g/mol. The van der Waals surface area contributed by atoms with Crippen molar-refractivity contribution in [2.45, 2.75) is 101 Å². The molecule has 3 fully saturated rings. The lowest BCUT2D eigenvalue weighted by atomic mass is 9.80. The second-order valence-electron chi connectivity index (χ2n) is 12.5. The lowest BCUT2D eigenvalue weighted by Gasteiger charge is -2.30. The van der Waals surface area contributed by atoms with Crippen molar-refractivity contribution >= 4 is 23.3 Å². The molecule has 0 aromatic carbocycles. The Hall–Kier alpha value is -3.44. The molecule has 14 heteroatoms. The Kier molecular flexibility index (Phi) is 9.36. The van der Waals surface area contributed by atoms with Gasteiger partial charge < -0.3 is 25.1 Å². The SMILES string of the molecule is CC1CCC(CC(=O)OC[C@H]2O[C@@](C#N)(c3ccc4c(N)ncnn34)[C@H](O)[C@@H]2OC(=O)CC2CCC(C(F)(F)F)CC2)CC1. The van der Waals surface area contributed by atoms with Gasteiger partial charge in [-0.15, -0.1) is 0 Å². The molecule has 3 N–H and O–H groups in total. The first-order chi connectivity index (χ1) is 20.9. The lowest BCUT2D eigenvalue weighted by molar-refractivity contribution is -0.184. The first-order valence-electron chi connectivity index (χ1n) is 15.2. The molecule has 4 atom stereocenters. The van der Waals surface area contributed by atoms with Crippen LogP contribution in [0, 0.1) is 35.0 Å². The van der Waals surface area contributed by atoms with Gasteiger partial charge in [0.15, 0.2) is 11.9 Å². The maximum absolute atomic E-state index is 13.1. The fourth-order valence-electron chi connectivity index (χ4n) is 6.81. The summed E-state index contributed by atoms with van der Waals surface area (Å²) in [6.07, 6.45) is -3.19. The minimum Gasteiger partial charge on any atom is -0.463 e. The molecule has 0 spiro atoms. The first kappa shape index (κ1) is 32.0. The molecule has 2 aromatic heterocycles. The third kappa shape index (κ3) is 6.63. The zero-order valence-electron chi connectivity index (χ0n) is 24.5. The molecule has 5 rings (SSSR count). The first-order valence-corrected chi connectivity index (χ1v) is 15.2. The van der Waals surface area contributed by atoms with Crippen molar-refractivity contribution in [3.05, 3.63) is 24.2 Å². The Balaban J connectivity index is 1.31. The molecule has 1 saturated heterocycles. The molecule has 44 heavy (non-hydrogen) atoms. The highest BCUT2D eigenvalue weighted by molar-refractivity contribution is 5.71. The molecule has 2 aromatic rings. The number of aliphatic hydroxyl groups is 1. The number of rotatable bonds is 8. The van der Waals surface area contributed by atoms with Gasteiger partial charge in [-0.3, -0.25) is 9.59 Å². The second-order valence-corrected chi connectivity index (χ2v) is 12.5. The molecule has 3 aliphatic rings. The number of ether oxygens (including phenoxy) is 3. The summed E-state index contributed by atoms with van der Waals surface area (Å²) >= 11 is 0. The maximum Gasteiger partial charge on any atom is 0.391 e. The Morgan fingerprint density at radius 3 is 2.39 bits per heavy atom. The smallest absolute Gasteiger partial charge is 0.391 e. The number of nitriles is 1. The van der Waals surface area contributed by atoms with E-state index in [1.54, 1.807) is 6.07 Å². The lowest BCUT2D eigenvalue weighted by Crippen LogP contribution is -2.43. The van der Waals surface area contributed by atoms with E-state index in [2.05, 4.69) is 17.0 Å². The van der Waals surface area contributed by atoms with Gasteiger partial charge in [0.1, 0.15) is 36.7 Å². The molecule has 2 aliphatic carbocycles. The van der Waals surface area contributed by atoms with Crippen LogP contribution in [0.1, 0.15) is 76.8 Å². The second kappa shape index (κ2) is 12.9. The number of fused-ring (bicyclic) bond motifs is 1. The van der Waals surface area contributed by atoms with E-state index in [0.717, 1.165) is 25.7 Å². The number of hydrogen-bond donors (Lipinski definition) is 2. The molecule has 2 saturated carbocycles. The highest BCUT2D eigenvalue weighted by Gasteiger charge is 2.60. The minimum absolute atomic E-state index is 0.0705. The quantitative estimate of drug-likeness (QED) is 0.408. The van der Waals surface area contributed by atoms with Gasteiger partial charge in [0.2, 0.25) is 5.60 Å². The maximum atomic E-state index is 13.1. The average molecular weight is 622 g/mol. The molecule has 240 valence electrons. The van der Waals surface area contributed by atoms with Crippen LogP contribution in [0.3, 0.4) is 0 Å². The monoisotopic (exact) mass is 621 g/mol. The predicted molar refractivity (Wildman–Crippen MR) is 148 cm³/mol. The number of aliphatic hydroxyl groups excluding tert-OH is 1. The third-order valence-electron chi connectivity index (χ3n) is 9.49. The average Bonchev–Trinajstić information content (AvgIpc) is 3.53. The van der Waals surface area contributed by atoms with E-state index in [9.17, 15) is 33.1 Å². The number of nitrogens with two attached hydrogens (primary N) is 1. The minimum atomic E-state index is -4.27. The van der Waals surface area contributed by atoms with Gasteiger partial charge in [-0.2, -0.15) is 23.5 Å². The topological polar surface area (TPSA) is 162 Å². The van der Waals surface area contributed by atoms with Gasteiger partial charge in [-0.05, 0) is 68.4 Å². The normalized spacial score (nSPS) is 32.7. The molecule has 0 unspecified atom stereocenters. The van der Waals surface area contributed by atoms with E-state index in [1.807, 2.05) is 6.07 Å². The number of esters is 2. The summed E-state index contributed by atoms with van der Waals surface area (Å²) < 4.78 is 57.9. The molecule has 3 heterocycles. The van der Waals surface area contributed by atoms with E-state index in [1.165, 1.54) is 16.9 Å². The molecule has 11 nitrogen and oxygen atoms in total. The predicted octanol–water partition coefficient (Wildman–Crippen LogP) is 4.22. The van der Waals surface area contributed by atoms with Crippen LogP contribution in [0.15, 0.2) is 18.5 Å². The summed E-state index contributed by atoms with van der Waals surface area (Å²) in [6.45, 7) is 1.79. The van der Waals surface area contributed by atoms with E-state index in [-0.39, 0.29) is 61.9 Å². The van der Waals surface area contributed by atoms with Gasteiger partial charge in [0, 0.05) is 12.8 Å². The van der Waals surface area contributed by atoms with Crippen LogP contribution in [-0.2, 0) is 29.4 Å². The standard InChI is InChI=1S/C30H38F3N5O6/c1-17-2-4-18(5-3-17)12-24(39)42-14-22-26(43-25(40)13-19-6-8-20(9-7-19)30(31,32)33)27(41)29(15-34,44-22)23-11-10-21-28(35)36-16-37-38(21)23/h10-11,16-20,22,26-27,41H,2-9,12-14H2,1H3,(H2,35,36,37)/t17?,18?,19?,20?,22-,26-,27-,29+/m1/s1. The van der Waals surface area contributed by atoms with E-state index in [4.69, 9.17) is 19.9 Å². The van der Waals surface area contributed by atoms with Crippen LogP contribution in [0.4, 0.5) is 19.0 Å². The van der Waals surface area contributed by atoms with Crippen molar-refractivity contribution in [2.24, 2.45) is 23.7 Å².